The van der Waals surface area contributed by atoms with E-state index in [-0.39, 0.29) is 4.90 Å². The summed E-state index contributed by atoms with van der Waals surface area (Å²) < 4.78 is 24.8. The molecule has 2 rings (SSSR count). The molecule has 0 aliphatic carbocycles. The molecule has 0 heterocycles. The van der Waals surface area contributed by atoms with E-state index >= 15 is 0 Å². The van der Waals surface area contributed by atoms with Crippen LogP contribution in [-0.2, 0) is 9.84 Å². The van der Waals surface area contributed by atoms with Crippen molar-refractivity contribution in [3.05, 3.63) is 68.6 Å². The molecule has 118 valence electrons. The van der Waals surface area contributed by atoms with Gasteiger partial charge in [-0.1, -0.05) is 34.8 Å². The van der Waals surface area contributed by atoms with Crippen LogP contribution in [0.4, 0.5) is 5.69 Å². The number of halogens is 3. The van der Waals surface area contributed by atoms with E-state index < -0.39 is 14.7 Å². The van der Waals surface area contributed by atoms with Crippen LogP contribution in [0.3, 0.4) is 0 Å². The van der Waals surface area contributed by atoms with Gasteiger partial charge in [-0.2, -0.15) is 5.26 Å². The first-order valence-electron chi connectivity index (χ1n) is 6.17. The predicted octanol–water partition coefficient (Wildman–Crippen LogP) is 4.90. The van der Waals surface area contributed by atoms with Crippen molar-refractivity contribution in [1.29, 1.82) is 5.26 Å². The lowest BCUT2D eigenvalue weighted by atomic mass is 10.3. The molecule has 0 aromatic heterocycles. The fourth-order valence-corrected chi connectivity index (χ4v) is 3.15. The van der Waals surface area contributed by atoms with E-state index in [1.165, 1.54) is 30.3 Å². The third kappa shape index (κ3) is 4.18. The van der Waals surface area contributed by atoms with Crippen molar-refractivity contribution >= 4 is 50.3 Å². The zero-order valence-electron chi connectivity index (χ0n) is 11.4. The summed E-state index contributed by atoms with van der Waals surface area (Å²) in [7, 11) is -3.94. The summed E-state index contributed by atoms with van der Waals surface area (Å²) in [5.41, 5.74) is 0.499. The van der Waals surface area contributed by atoms with Crippen LogP contribution in [0, 0.1) is 11.3 Å². The highest BCUT2D eigenvalue weighted by molar-refractivity contribution is 7.95. The van der Waals surface area contributed by atoms with Gasteiger partial charge in [0.25, 0.3) is 0 Å². The fourth-order valence-electron chi connectivity index (χ4n) is 1.65. The van der Waals surface area contributed by atoms with Crippen LogP contribution in [0.25, 0.3) is 0 Å². The zero-order valence-corrected chi connectivity index (χ0v) is 14.5. The molecule has 0 amide bonds. The Morgan fingerprint density at radius 2 is 1.70 bits per heavy atom. The molecule has 2 aromatic rings. The van der Waals surface area contributed by atoms with Gasteiger partial charge < -0.3 is 5.32 Å². The Balaban J connectivity index is 2.32. The Hall–Kier alpha value is -1.71. The van der Waals surface area contributed by atoms with Gasteiger partial charge in [0.15, 0.2) is 4.91 Å². The molecule has 4 nitrogen and oxygen atoms in total. The lowest BCUT2D eigenvalue weighted by Crippen LogP contribution is -2.05. The van der Waals surface area contributed by atoms with Gasteiger partial charge in [0.05, 0.1) is 14.9 Å². The second kappa shape index (κ2) is 7.24. The molecule has 0 bridgehead atoms. The second-order valence-electron chi connectivity index (χ2n) is 4.35. The molecule has 0 saturated heterocycles. The van der Waals surface area contributed by atoms with Gasteiger partial charge in [0.2, 0.25) is 9.84 Å². The molecule has 0 radical (unpaired) electrons. The van der Waals surface area contributed by atoms with Gasteiger partial charge in [0.1, 0.15) is 6.07 Å². The first-order valence-corrected chi connectivity index (χ1v) is 8.79. The maximum Gasteiger partial charge on any atom is 0.218 e. The van der Waals surface area contributed by atoms with Crippen LogP contribution >= 0.6 is 34.8 Å². The molecule has 2 aromatic carbocycles. The van der Waals surface area contributed by atoms with Crippen LogP contribution < -0.4 is 5.32 Å². The smallest absolute Gasteiger partial charge is 0.218 e. The molecule has 0 unspecified atom stereocenters. The molecule has 0 atom stereocenters. The summed E-state index contributed by atoms with van der Waals surface area (Å²) in [5, 5.41) is 12.9. The van der Waals surface area contributed by atoms with Crippen molar-refractivity contribution in [3.63, 3.8) is 0 Å². The van der Waals surface area contributed by atoms with E-state index in [4.69, 9.17) is 40.1 Å². The second-order valence-corrected chi connectivity index (χ2v) is 7.52. The average Bonchev–Trinajstić information content (AvgIpc) is 2.51. The Bertz CT molecular complexity index is 901. The summed E-state index contributed by atoms with van der Waals surface area (Å²) in [6, 6.07) is 11.9. The first kappa shape index (κ1) is 17.6. The maximum absolute atomic E-state index is 12.4. The van der Waals surface area contributed by atoms with Gasteiger partial charge in [-0.05, 0) is 42.5 Å². The average molecular weight is 388 g/mol. The van der Waals surface area contributed by atoms with E-state index in [0.717, 1.165) is 6.20 Å². The number of sulfone groups is 1. The number of nitriles is 1. The van der Waals surface area contributed by atoms with Crippen LogP contribution in [0.15, 0.2) is 58.5 Å². The van der Waals surface area contributed by atoms with Gasteiger partial charge in [0, 0.05) is 16.9 Å². The van der Waals surface area contributed by atoms with E-state index in [1.54, 1.807) is 18.2 Å². The number of nitrogens with zero attached hydrogens (tertiary/aromatic N) is 1. The Labute approximate surface area is 148 Å². The van der Waals surface area contributed by atoms with Crippen LogP contribution in [0.1, 0.15) is 0 Å². The molecular weight excluding hydrogens is 379 g/mol. The van der Waals surface area contributed by atoms with Crippen LogP contribution in [0.5, 0.6) is 0 Å². The van der Waals surface area contributed by atoms with Gasteiger partial charge >= 0.3 is 0 Å². The number of anilines is 1. The number of hydrogen-bond acceptors (Lipinski definition) is 4. The minimum absolute atomic E-state index is 0.0226. The lowest BCUT2D eigenvalue weighted by molar-refractivity contribution is 0.603. The Morgan fingerprint density at radius 3 is 2.26 bits per heavy atom. The summed E-state index contributed by atoms with van der Waals surface area (Å²) in [6.07, 6.45) is 1.10. The summed E-state index contributed by atoms with van der Waals surface area (Å²) >= 11 is 17.4. The number of nitrogens with one attached hydrogen (secondary N) is 1. The molecule has 0 aliphatic heterocycles. The minimum atomic E-state index is -3.94. The van der Waals surface area contributed by atoms with Crippen molar-refractivity contribution < 1.29 is 8.42 Å². The number of hydrogen-bond donors (Lipinski definition) is 1. The first-order chi connectivity index (χ1) is 10.8. The molecule has 0 saturated carbocycles. The maximum atomic E-state index is 12.4. The minimum Gasteiger partial charge on any atom is -0.360 e. The highest BCUT2D eigenvalue weighted by atomic mass is 35.5. The standard InChI is InChI=1S/C15H9Cl3N2O2S/c16-10-1-4-12(5-2-10)23(21,22)13(8-19)9-20-11-3-6-14(17)15(18)7-11/h1-7,9,20H. The molecule has 0 fully saturated rings. The van der Waals surface area contributed by atoms with Gasteiger partial charge in [-0.3, -0.25) is 0 Å². The molecule has 23 heavy (non-hydrogen) atoms. The third-order valence-corrected chi connectivity index (χ3v) is 5.49. The topological polar surface area (TPSA) is 70.0 Å². The van der Waals surface area contributed by atoms with Crippen LogP contribution in [-0.4, -0.2) is 8.42 Å². The largest absolute Gasteiger partial charge is 0.360 e. The normalized spacial score (nSPS) is 11.8. The van der Waals surface area contributed by atoms with E-state index in [9.17, 15) is 8.42 Å². The molecule has 8 heteroatoms. The number of allylic oxidation sites excluding steroid dienone is 1. The van der Waals surface area contributed by atoms with Crippen molar-refractivity contribution in [2.75, 3.05) is 5.32 Å². The van der Waals surface area contributed by atoms with Crippen molar-refractivity contribution in [2.24, 2.45) is 0 Å². The molecule has 1 N–H and O–H groups in total. The van der Waals surface area contributed by atoms with Gasteiger partial charge in [-0.25, -0.2) is 8.42 Å². The van der Waals surface area contributed by atoms with Gasteiger partial charge in [-0.15, -0.1) is 0 Å². The number of rotatable bonds is 4. The molecule has 0 aliphatic rings. The Kier molecular flexibility index (Phi) is 5.55. The highest BCUT2D eigenvalue weighted by Gasteiger charge is 2.20. The monoisotopic (exact) mass is 386 g/mol. The fraction of sp³-hybridized carbons (Fsp3) is 0. The highest BCUT2D eigenvalue weighted by Crippen LogP contribution is 2.26. The zero-order chi connectivity index (χ0) is 17.0. The number of benzene rings is 2. The van der Waals surface area contributed by atoms with E-state index in [2.05, 4.69) is 5.32 Å². The van der Waals surface area contributed by atoms with Crippen molar-refractivity contribution in [1.82, 2.24) is 0 Å². The predicted molar refractivity (Wildman–Crippen MR) is 92.4 cm³/mol. The van der Waals surface area contributed by atoms with Crippen LogP contribution in [0.2, 0.25) is 15.1 Å². The summed E-state index contributed by atoms with van der Waals surface area (Å²) in [4.78, 5) is -0.462. The Morgan fingerprint density at radius 1 is 1.04 bits per heavy atom. The molecular formula is C15H9Cl3N2O2S. The van der Waals surface area contributed by atoms with E-state index in [0.29, 0.717) is 20.8 Å². The van der Waals surface area contributed by atoms with Crippen molar-refractivity contribution in [3.8, 4) is 6.07 Å². The quantitative estimate of drug-likeness (QED) is 0.758. The lowest BCUT2D eigenvalue weighted by Gasteiger charge is -2.06. The SMILES string of the molecule is N#CC(=CNc1ccc(Cl)c(Cl)c1)S(=O)(=O)c1ccc(Cl)cc1. The summed E-state index contributed by atoms with van der Waals surface area (Å²) in [5.74, 6) is 0. The molecule has 0 spiro atoms. The van der Waals surface area contributed by atoms with E-state index in [1.807, 2.05) is 0 Å². The summed E-state index contributed by atoms with van der Waals surface area (Å²) in [6.45, 7) is 0. The third-order valence-electron chi connectivity index (χ3n) is 2.81. The van der Waals surface area contributed by atoms with Crippen molar-refractivity contribution in [2.45, 2.75) is 4.90 Å².